The predicted octanol–water partition coefficient (Wildman–Crippen LogP) is 3.16. The number of aromatic amines is 1. The molecule has 3 nitrogen and oxygen atoms in total. The maximum atomic E-state index is 5.29. The Hall–Kier alpha value is -1.29. The van der Waals surface area contributed by atoms with Crippen molar-refractivity contribution in [3.8, 4) is 17.0 Å². The first-order valence-corrected chi connectivity index (χ1v) is 5.37. The third kappa shape index (κ3) is 1.77. The molecule has 4 heteroatoms. The van der Waals surface area contributed by atoms with Crippen LogP contribution in [0.3, 0.4) is 0 Å². The normalized spacial score (nSPS) is 10.3. The number of nitrogens with one attached hydrogen (secondary N) is 1. The van der Waals surface area contributed by atoms with Gasteiger partial charge >= 0.3 is 0 Å². The summed E-state index contributed by atoms with van der Waals surface area (Å²) in [4.78, 5) is 0. The van der Waals surface area contributed by atoms with Gasteiger partial charge in [-0.2, -0.15) is 5.10 Å². The third-order valence-corrected chi connectivity index (χ3v) is 3.20. The fourth-order valence-corrected chi connectivity index (χ4v) is 1.83. The molecular formula is C11H11BrN2O. The second kappa shape index (κ2) is 4.06. The first-order chi connectivity index (χ1) is 7.24. The third-order valence-electron chi connectivity index (χ3n) is 2.23. The minimum Gasteiger partial charge on any atom is -0.496 e. The predicted molar refractivity (Wildman–Crippen MR) is 63.0 cm³/mol. The van der Waals surface area contributed by atoms with E-state index in [1.807, 2.05) is 31.2 Å². The van der Waals surface area contributed by atoms with Gasteiger partial charge < -0.3 is 4.74 Å². The summed E-state index contributed by atoms with van der Waals surface area (Å²) < 4.78 is 6.27. The first kappa shape index (κ1) is 10.2. The molecule has 1 N–H and O–H groups in total. The molecule has 0 fully saturated rings. The fourth-order valence-electron chi connectivity index (χ4n) is 1.43. The summed E-state index contributed by atoms with van der Waals surface area (Å²) in [6, 6.07) is 7.81. The van der Waals surface area contributed by atoms with Crippen molar-refractivity contribution in [2.75, 3.05) is 7.11 Å². The van der Waals surface area contributed by atoms with Crippen molar-refractivity contribution in [1.29, 1.82) is 0 Å². The molecular weight excluding hydrogens is 256 g/mol. The molecule has 78 valence electrons. The molecule has 2 aromatic rings. The quantitative estimate of drug-likeness (QED) is 0.907. The molecule has 0 aliphatic rings. The Labute approximate surface area is 96.6 Å². The number of rotatable bonds is 2. The molecule has 1 aromatic carbocycles. The number of aryl methyl sites for hydroxylation is 1. The lowest BCUT2D eigenvalue weighted by molar-refractivity contribution is 0.416. The summed E-state index contributed by atoms with van der Waals surface area (Å²) in [6.07, 6.45) is 0. The van der Waals surface area contributed by atoms with Gasteiger partial charge in [0.2, 0.25) is 0 Å². The van der Waals surface area contributed by atoms with Crippen molar-refractivity contribution in [3.63, 3.8) is 0 Å². The maximum Gasteiger partial charge on any atom is 0.128 e. The van der Waals surface area contributed by atoms with Crippen LogP contribution in [0, 0.1) is 6.92 Å². The molecule has 0 aliphatic heterocycles. The molecule has 0 saturated heterocycles. The number of aromatic nitrogens is 2. The highest BCUT2D eigenvalue weighted by Crippen LogP contribution is 2.34. The van der Waals surface area contributed by atoms with E-state index in [-0.39, 0.29) is 0 Å². The summed E-state index contributed by atoms with van der Waals surface area (Å²) >= 11 is 3.50. The van der Waals surface area contributed by atoms with Crippen LogP contribution in [0.15, 0.2) is 28.7 Å². The number of hydrogen-bond donors (Lipinski definition) is 1. The molecule has 0 atom stereocenters. The van der Waals surface area contributed by atoms with Crippen molar-refractivity contribution < 1.29 is 4.74 Å². The Kier molecular flexibility index (Phi) is 2.77. The van der Waals surface area contributed by atoms with Gasteiger partial charge in [-0.15, -0.1) is 0 Å². The first-order valence-electron chi connectivity index (χ1n) is 4.58. The summed E-state index contributed by atoms with van der Waals surface area (Å²) in [6.45, 7) is 1.97. The summed E-state index contributed by atoms with van der Waals surface area (Å²) in [5, 5.41) is 7.18. The van der Waals surface area contributed by atoms with Gasteiger partial charge in [-0.05, 0) is 35.0 Å². The van der Waals surface area contributed by atoms with E-state index in [0.717, 1.165) is 27.2 Å². The SMILES string of the molecule is COc1ccccc1-c1n[nH]c(C)c1Br. The lowest BCUT2D eigenvalue weighted by Crippen LogP contribution is -1.87. The van der Waals surface area contributed by atoms with Gasteiger partial charge in [0.05, 0.1) is 11.6 Å². The Morgan fingerprint density at radius 1 is 1.33 bits per heavy atom. The van der Waals surface area contributed by atoms with Crippen molar-refractivity contribution in [3.05, 3.63) is 34.4 Å². The number of methoxy groups -OCH3 is 1. The average molecular weight is 267 g/mol. The van der Waals surface area contributed by atoms with E-state index >= 15 is 0 Å². The zero-order valence-electron chi connectivity index (χ0n) is 8.54. The molecule has 0 saturated carbocycles. The lowest BCUT2D eigenvalue weighted by Gasteiger charge is -2.05. The number of para-hydroxylation sites is 1. The highest BCUT2D eigenvalue weighted by molar-refractivity contribution is 9.10. The molecule has 0 unspecified atom stereocenters. The summed E-state index contributed by atoms with van der Waals surface area (Å²) in [5.74, 6) is 0.824. The van der Waals surface area contributed by atoms with Crippen LogP contribution in [-0.4, -0.2) is 17.3 Å². The zero-order valence-corrected chi connectivity index (χ0v) is 10.1. The largest absolute Gasteiger partial charge is 0.496 e. The van der Waals surface area contributed by atoms with Gasteiger partial charge in [-0.3, -0.25) is 5.10 Å². The molecule has 0 bridgehead atoms. The van der Waals surface area contributed by atoms with Crippen LogP contribution in [0.5, 0.6) is 5.75 Å². The number of H-pyrrole nitrogens is 1. The van der Waals surface area contributed by atoms with E-state index in [2.05, 4.69) is 26.1 Å². The van der Waals surface area contributed by atoms with Crippen LogP contribution < -0.4 is 4.74 Å². The van der Waals surface area contributed by atoms with E-state index in [1.54, 1.807) is 7.11 Å². The molecule has 0 spiro atoms. The summed E-state index contributed by atoms with van der Waals surface area (Å²) in [5.41, 5.74) is 2.87. The minimum absolute atomic E-state index is 0.824. The van der Waals surface area contributed by atoms with Gasteiger partial charge in [-0.1, -0.05) is 12.1 Å². The van der Waals surface area contributed by atoms with Crippen LogP contribution in [0.25, 0.3) is 11.3 Å². The summed E-state index contributed by atoms with van der Waals surface area (Å²) in [7, 11) is 1.66. The number of halogens is 1. The Balaban J connectivity index is 2.58. The van der Waals surface area contributed by atoms with E-state index in [4.69, 9.17) is 4.74 Å². The van der Waals surface area contributed by atoms with E-state index < -0.39 is 0 Å². The van der Waals surface area contributed by atoms with Crippen LogP contribution >= 0.6 is 15.9 Å². The van der Waals surface area contributed by atoms with Crippen molar-refractivity contribution >= 4 is 15.9 Å². The van der Waals surface area contributed by atoms with Gasteiger partial charge in [0.15, 0.2) is 0 Å². The highest BCUT2D eigenvalue weighted by Gasteiger charge is 2.13. The second-order valence-corrected chi connectivity index (χ2v) is 4.00. The number of nitrogens with zero attached hydrogens (tertiary/aromatic N) is 1. The van der Waals surface area contributed by atoms with Crippen molar-refractivity contribution in [2.24, 2.45) is 0 Å². The van der Waals surface area contributed by atoms with Crippen LogP contribution in [0.4, 0.5) is 0 Å². The van der Waals surface area contributed by atoms with Gasteiger partial charge in [-0.25, -0.2) is 0 Å². The average Bonchev–Trinajstić information content (AvgIpc) is 2.60. The number of hydrogen-bond acceptors (Lipinski definition) is 2. The van der Waals surface area contributed by atoms with Crippen molar-refractivity contribution in [2.45, 2.75) is 6.92 Å². The fraction of sp³-hybridized carbons (Fsp3) is 0.182. The molecule has 15 heavy (non-hydrogen) atoms. The Morgan fingerprint density at radius 2 is 2.07 bits per heavy atom. The van der Waals surface area contributed by atoms with E-state index in [9.17, 15) is 0 Å². The molecule has 0 aliphatic carbocycles. The molecule has 0 amide bonds. The monoisotopic (exact) mass is 266 g/mol. The van der Waals surface area contributed by atoms with Crippen LogP contribution in [-0.2, 0) is 0 Å². The molecule has 1 heterocycles. The van der Waals surface area contributed by atoms with Crippen molar-refractivity contribution in [1.82, 2.24) is 10.2 Å². The number of benzene rings is 1. The molecule has 2 rings (SSSR count). The van der Waals surface area contributed by atoms with Gasteiger partial charge in [0.1, 0.15) is 11.4 Å². The maximum absolute atomic E-state index is 5.29. The highest BCUT2D eigenvalue weighted by atomic mass is 79.9. The van der Waals surface area contributed by atoms with Crippen LogP contribution in [0.2, 0.25) is 0 Å². The topological polar surface area (TPSA) is 37.9 Å². The van der Waals surface area contributed by atoms with Gasteiger partial charge in [0.25, 0.3) is 0 Å². The van der Waals surface area contributed by atoms with E-state index in [0.29, 0.717) is 0 Å². The smallest absolute Gasteiger partial charge is 0.128 e. The minimum atomic E-state index is 0.824. The second-order valence-electron chi connectivity index (χ2n) is 3.21. The van der Waals surface area contributed by atoms with Gasteiger partial charge in [0, 0.05) is 11.3 Å². The van der Waals surface area contributed by atoms with Crippen LogP contribution in [0.1, 0.15) is 5.69 Å². The standard InChI is InChI=1S/C11H11BrN2O/c1-7-10(12)11(14-13-7)8-5-3-4-6-9(8)15-2/h3-6H,1-2H3,(H,13,14). The molecule has 0 radical (unpaired) electrons. The Morgan fingerprint density at radius 3 is 2.67 bits per heavy atom. The number of ether oxygens (including phenoxy) is 1. The molecule has 1 aromatic heterocycles. The lowest BCUT2D eigenvalue weighted by atomic mass is 10.1. The van der Waals surface area contributed by atoms with E-state index in [1.165, 1.54) is 0 Å². The zero-order chi connectivity index (χ0) is 10.8. The Bertz CT molecular complexity index is 479.